The van der Waals surface area contributed by atoms with Gasteiger partial charge in [-0.25, -0.2) is 19.9 Å². The molecule has 9 heteroatoms. The first-order valence-electron chi connectivity index (χ1n) is 10.8. The van der Waals surface area contributed by atoms with Crippen molar-refractivity contribution in [3.05, 3.63) is 78.2 Å². The molecule has 1 fully saturated rings. The maximum atomic E-state index is 5.81. The van der Waals surface area contributed by atoms with Crippen LogP contribution >= 0.6 is 0 Å². The minimum atomic E-state index is 0.0873. The lowest BCUT2D eigenvalue weighted by molar-refractivity contribution is 0.0277. The van der Waals surface area contributed by atoms with Crippen LogP contribution in [0.1, 0.15) is 17.4 Å². The van der Waals surface area contributed by atoms with Gasteiger partial charge in [-0.1, -0.05) is 18.2 Å². The lowest BCUT2D eigenvalue weighted by Gasteiger charge is -2.24. The summed E-state index contributed by atoms with van der Waals surface area (Å²) in [5, 5.41) is 9.80. The Morgan fingerprint density at radius 1 is 0.879 bits per heavy atom. The molecule has 0 spiro atoms. The highest BCUT2D eigenvalue weighted by Gasteiger charge is 2.15. The summed E-state index contributed by atoms with van der Waals surface area (Å²) in [7, 11) is 0. The van der Waals surface area contributed by atoms with Gasteiger partial charge in [-0.05, 0) is 48.9 Å². The van der Waals surface area contributed by atoms with E-state index in [0.29, 0.717) is 23.4 Å². The van der Waals surface area contributed by atoms with Crippen LogP contribution in [0.3, 0.4) is 0 Å². The van der Waals surface area contributed by atoms with E-state index in [0.717, 1.165) is 42.3 Å². The molecule has 0 amide bonds. The molecule has 3 N–H and O–H groups in total. The van der Waals surface area contributed by atoms with Gasteiger partial charge in [0.2, 0.25) is 5.95 Å². The number of rotatable bonds is 6. The van der Waals surface area contributed by atoms with Gasteiger partial charge in [0.05, 0.1) is 12.7 Å². The molecule has 1 aliphatic rings. The first-order chi connectivity index (χ1) is 16.2. The van der Waals surface area contributed by atoms with Gasteiger partial charge in [0.15, 0.2) is 5.82 Å². The summed E-state index contributed by atoms with van der Waals surface area (Å²) in [4.78, 5) is 22.3. The van der Waals surface area contributed by atoms with E-state index in [4.69, 9.17) is 4.74 Å². The SMILES string of the molecule is Cc1cccc(-c2nccc(Nc3ccnc(Nc4ccc(C5CNCCO5)cc4)n3)n2)n1. The molecule has 3 aromatic heterocycles. The second-order valence-electron chi connectivity index (χ2n) is 7.63. The van der Waals surface area contributed by atoms with E-state index in [1.807, 2.05) is 37.3 Å². The number of anilines is 4. The Morgan fingerprint density at radius 2 is 1.70 bits per heavy atom. The summed E-state index contributed by atoms with van der Waals surface area (Å²) >= 11 is 0. The van der Waals surface area contributed by atoms with Crippen molar-refractivity contribution in [3.8, 4) is 11.5 Å². The van der Waals surface area contributed by atoms with Crippen molar-refractivity contribution in [1.82, 2.24) is 30.2 Å². The highest BCUT2D eigenvalue weighted by molar-refractivity contribution is 5.59. The van der Waals surface area contributed by atoms with E-state index in [9.17, 15) is 0 Å². The Labute approximate surface area is 191 Å². The maximum absolute atomic E-state index is 5.81. The minimum Gasteiger partial charge on any atom is -0.371 e. The molecule has 0 bridgehead atoms. The van der Waals surface area contributed by atoms with Gasteiger partial charge in [-0.3, -0.25) is 0 Å². The lowest BCUT2D eigenvalue weighted by Crippen LogP contribution is -2.33. The molecule has 0 aliphatic carbocycles. The van der Waals surface area contributed by atoms with Crippen molar-refractivity contribution in [2.75, 3.05) is 30.3 Å². The Bertz CT molecular complexity index is 1230. The van der Waals surface area contributed by atoms with Gasteiger partial charge in [0, 0.05) is 36.9 Å². The van der Waals surface area contributed by atoms with Gasteiger partial charge in [0.25, 0.3) is 0 Å². The number of hydrogen-bond acceptors (Lipinski definition) is 9. The van der Waals surface area contributed by atoms with Gasteiger partial charge in [0.1, 0.15) is 17.3 Å². The maximum Gasteiger partial charge on any atom is 0.229 e. The van der Waals surface area contributed by atoms with Crippen molar-refractivity contribution in [2.24, 2.45) is 0 Å². The number of benzene rings is 1. The molecule has 9 nitrogen and oxygen atoms in total. The van der Waals surface area contributed by atoms with Gasteiger partial charge < -0.3 is 20.7 Å². The fraction of sp³-hybridized carbons (Fsp3) is 0.208. The summed E-state index contributed by atoms with van der Waals surface area (Å²) in [6, 6.07) is 17.5. The number of nitrogens with one attached hydrogen (secondary N) is 3. The topological polar surface area (TPSA) is 110 Å². The average Bonchev–Trinajstić information content (AvgIpc) is 2.85. The van der Waals surface area contributed by atoms with Crippen LogP contribution in [0.5, 0.6) is 0 Å². The number of aryl methyl sites for hydroxylation is 1. The average molecular weight is 441 g/mol. The van der Waals surface area contributed by atoms with E-state index in [1.165, 1.54) is 0 Å². The smallest absolute Gasteiger partial charge is 0.229 e. The normalized spacial score (nSPS) is 15.7. The van der Waals surface area contributed by atoms with Crippen molar-refractivity contribution in [1.29, 1.82) is 0 Å². The molecule has 1 aromatic carbocycles. The fourth-order valence-electron chi connectivity index (χ4n) is 3.53. The molecule has 1 unspecified atom stereocenters. The van der Waals surface area contributed by atoms with E-state index in [-0.39, 0.29) is 6.10 Å². The zero-order valence-electron chi connectivity index (χ0n) is 18.2. The lowest BCUT2D eigenvalue weighted by atomic mass is 10.1. The predicted molar refractivity (Wildman–Crippen MR) is 127 cm³/mol. The summed E-state index contributed by atoms with van der Waals surface area (Å²) in [6.45, 7) is 4.40. The van der Waals surface area contributed by atoms with Crippen molar-refractivity contribution in [3.63, 3.8) is 0 Å². The van der Waals surface area contributed by atoms with Crippen LogP contribution in [0.25, 0.3) is 11.5 Å². The monoisotopic (exact) mass is 440 g/mol. The fourth-order valence-corrected chi connectivity index (χ4v) is 3.53. The van der Waals surface area contributed by atoms with Crippen LogP contribution in [0.2, 0.25) is 0 Å². The second-order valence-corrected chi connectivity index (χ2v) is 7.63. The van der Waals surface area contributed by atoms with Gasteiger partial charge >= 0.3 is 0 Å². The first kappa shape index (κ1) is 20.9. The molecule has 1 atom stereocenters. The zero-order valence-corrected chi connectivity index (χ0v) is 18.2. The third kappa shape index (κ3) is 5.28. The number of morpholine rings is 1. The van der Waals surface area contributed by atoms with Crippen LogP contribution < -0.4 is 16.0 Å². The van der Waals surface area contributed by atoms with Crippen LogP contribution in [0, 0.1) is 6.92 Å². The Morgan fingerprint density at radius 3 is 2.48 bits per heavy atom. The third-order valence-electron chi connectivity index (χ3n) is 5.15. The highest BCUT2D eigenvalue weighted by atomic mass is 16.5. The van der Waals surface area contributed by atoms with E-state index >= 15 is 0 Å². The van der Waals surface area contributed by atoms with Crippen LogP contribution in [0.4, 0.5) is 23.3 Å². The molecule has 1 aliphatic heterocycles. The molecular formula is C24H24N8O. The number of pyridine rings is 1. The molecule has 1 saturated heterocycles. The predicted octanol–water partition coefficient (Wildman–Crippen LogP) is 3.79. The minimum absolute atomic E-state index is 0.0873. The second kappa shape index (κ2) is 9.68. The molecule has 4 heterocycles. The molecule has 0 radical (unpaired) electrons. The van der Waals surface area contributed by atoms with Crippen molar-refractivity contribution in [2.45, 2.75) is 13.0 Å². The molecule has 33 heavy (non-hydrogen) atoms. The Balaban J connectivity index is 1.27. The van der Waals surface area contributed by atoms with E-state index in [2.05, 4.69) is 53.0 Å². The summed E-state index contributed by atoms with van der Waals surface area (Å²) in [5.74, 6) is 2.28. The third-order valence-corrected chi connectivity index (χ3v) is 5.15. The van der Waals surface area contributed by atoms with Gasteiger partial charge in [-0.2, -0.15) is 4.98 Å². The van der Waals surface area contributed by atoms with Crippen molar-refractivity contribution < 1.29 is 4.74 Å². The van der Waals surface area contributed by atoms with Crippen LogP contribution in [0.15, 0.2) is 67.0 Å². The molecule has 0 saturated carbocycles. The van der Waals surface area contributed by atoms with Gasteiger partial charge in [-0.15, -0.1) is 0 Å². The molecular weight excluding hydrogens is 416 g/mol. The van der Waals surface area contributed by atoms with E-state index in [1.54, 1.807) is 24.5 Å². The number of nitrogens with zero attached hydrogens (tertiary/aromatic N) is 5. The van der Waals surface area contributed by atoms with E-state index < -0.39 is 0 Å². The van der Waals surface area contributed by atoms with Crippen molar-refractivity contribution >= 4 is 23.3 Å². The molecule has 5 rings (SSSR count). The van der Waals surface area contributed by atoms with Crippen LogP contribution in [-0.4, -0.2) is 44.6 Å². The summed E-state index contributed by atoms with van der Waals surface area (Å²) in [6.07, 6.45) is 3.48. The molecule has 4 aromatic rings. The Hall–Kier alpha value is -3.95. The first-order valence-corrected chi connectivity index (χ1v) is 10.8. The largest absolute Gasteiger partial charge is 0.371 e. The Kier molecular flexibility index (Phi) is 6.14. The number of aromatic nitrogens is 5. The van der Waals surface area contributed by atoms with Crippen LogP contribution in [-0.2, 0) is 4.74 Å². The standard InChI is InChI=1S/C24H24N8O/c1-16-3-2-4-19(28-16)23-26-11-9-21(31-23)30-22-10-12-27-24(32-22)29-18-7-5-17(6-8-18)20-15-25-13-14-33-20/h2-12,20,25H,13-15H2,1H3,(H2,26,27,29,30,31,32). The summed E-state index contributed by atoms with van der Waals surface area (Å²) < 4.78 is 5.81. The number of ether oxygens (including phenoxy) is 1. The number of hydrogen-bond donors (Lipinski definition) is 3. The quantitative estimate of drug-likeness (QED) is 0.412. The zero-order chi connectivity index (χ0) is 22.5. The summed E-state index contributed by atoms with van der Waals surface area (Å²) in [5.41, 5.74) is 3.68. The molecule has 166 valence electrons. The highest BCUT2D eigenvalue weighted by Crippen LogP contribution is 2.23.